The van der Waals surface area contributed by atoms with Gasteiger partial charge in [-0.15, -0.1) is 0 Å². The molecular weight excluding hydrogens is 286 g/mol. The second-order valence-electron chi connectivity index (χ2n) is 5.43. The van der Waals surface area contributed by atoms with Gasteiger partial charge in [-0.3, -0.25) is 24.4 Å². The number of fused-ring (bicyclic) bond motifs is 3. The second kappa shape index (κ2) is 4.62. The fraction of sp³-hybridized carbons (Fsp3) is 0.357. The second-order valence-corrected chi connectivity index (χ2v) is 5.43. The fourth-order valence-electron chi connectivity index (χ4n) is 3.03. The van der Waals surface area contributed by atoms with E-state index in [0.29, 0.717) is 41.7 Å². The SMILES string of the molecule is O=C1CCCN1CCN1C(=O)c2cnc3[nH]ncc3c2C1=O. The van der Waals surface area contributed by atoms with Crippen molar-refractivity contribution >= 4 is 28.8 Å². The summed E-state index contributed by atoms with van der Waals surface area (Å²) in [6.07, 6.45) is 4.28. The maximum atomic E-state index is 12.5. The molecular formula is C14H13N5O3. The van der Waals surface area contributed by atoms with E-state index in [1.54, 1.807) is 4.90 Å². The molecule has 8 heteroatoms. The van der Waals surface area contributed by atoms with E-state index in [9.17, 15) is 14.4 Å². The number of carbonyl (C=O) groups is 3. The first-order valence-electron chi connectivity index (χ1n) is 7.13. The molecule has 4 heterocycles. The minimum atomic E-state index is -0.359. The summed E-state index contributed by atoms with van der Waals surface area (Å²) in [4.78, 5) is 43.5. The van der Waals surface area contributed by atoms with Gasteiger partial charge in [0.1, 0.15) is 0 Å². The Balaban J connectivity index is 1.61. The molecule has 0 bridgehead atoms. The van der Waals surface area contributed by atoms with Crippen molar-refractivity contribution in [1.82, 2.24) is 25.0 Å². The van der Waals surface area contributed by atoms with Crippen LogP contribution < -0.4 is 0 Å². The van der Waals surface area contributed by atoms with Crippen molar-refractivity contribution < 1.29 is 14.4 Å². The number of nitrogens with zero attached hydrogens (tertiary/aromatic N) is 4. The lowest BCUT2D eigenvalue weighted by molar-refractivity contribution is -0.127. The number of hydrogen-bond acceptors (Lipinski definition) is 5. The minimum absolute atomic E-state index is 0.0792. The van der Waals surface area contributed by atoms with Crippen LogP contribution in [-0.2, 0) is 4.79 Å². The Morgan fingerprint density at radius 1 is 1.14 bits per heavy atom. The van der Waals surface area contributed by atoms with Gasteiger partial charge >= 0.3 is 0 Å². The summed E-state index contributed by atoms with van der Waals surface area (Å²) in [5, 5.41) is 7.10. The number of carbonyl (C=O) groups excluding carboxylic acids is 3. The molecule has 1 saturated heterocycles. The van der Waals surface area contributed by atoms with Crippen LogP contribution >= 0.6 is 0 Å². The van der Waals surface area contributed by atoms with E-state index in [0.717, 1.165) is 6.42 Å². The van der Waals surface area contributed by atoms with E-state index < -0.39 is 0 Å². The summed E-state index contributed by atoms with van der Waals surface area (Å²) in [5.74, 6) is -0.627. The molecule has 0 unspecified atom stereocenters. The molecule has 2 aliphatic heterocycles. The van der Waals surface area contributed by atoms with Crippen LogP contribution in [0.25, 0.3) is 11.0 Å². The van der Waals surface area contributed by atoms with Gasteiger partial charge in [0, 0.05) is 32.3 Å². The molecule has 8 nitrogen and oxygen atoms in total. The van der Waals surface area contributed by atoms with Crippen LogP contribution in [0.1, 0.15) is 33.6 Å². The number of nitrogens with one attached hydrogen (secondary N) is 1. The zero-order valence-corrected chi connectivity index (χ0v) is 11.7. The molecule has 0 spiro atoms. The highest BCUT2D eigenvalue weighted by Gasteiger charge is 2.38. The Labute approximate surface area is 125 Å². The van der Waals surface area contributed by atoms with Gasteiger partial charge in [0.25, 0.3) is 11.8 Å². The van der Waals surface area contributed by atoms with Crippen LogP contribution in [0.4, 0.5) is 0 Å². The van der Waals surface area contributed by atoms with E-state index >= 15 is 0 Å². The molecule has 2 aliphatic rings. The Morgan fingerprint density at radius 2 is 2.00 bits per heavy atom. The average molecular weight is 299 g/mol. The number of hydrogen-bond donors (Lipinski definition) is 1. The molecule has 0 atom stereocenters. The number of likely N-dealkylation sites (tertiary alicyclic amines) is 1. The lowest BCUT2D eigenvalue weighted by Gasteiger charge is -2.19. The largest absolute Gasteiger partial charge is 0.341 e. The lowest BCUT2D eigenvalue weighted by Crippen LogP contribution is -2.38. The molecule has 0 radical (unpaired) electrons. The average Bonchev–Trinajstić information content (AvgIpc) is 3.18. The number of aromatic amines is 1. The van der Waals surface area contributed by atoms with Crippen molar-refractivity contribution in [3.63, 3.8) is 0 Å². The van der Waals surface area contributed by atoms with Gasteiger partial charge in [0.2, 0.25) is 5.91 Å². The molecule has 3 amide bonds. The van der Waals surface area contributed by atoms with Gasteiger partial charge in [0.15, 0.2) is 5.65 Å². The monoisotopic (exact) mass is 299 g/mol. The molecule has 22 heavy (non-hydrogen) atoms. The molecule has 1 N–H and O–H groups in total. The highest BCUT2D eigenvalue weighted by Crippen LogP contribution is 2.27. The zero-order chi connectivity index (χ0) is 15.3. The van der Waals surface area contributed by atoms with Crippen LogP contribution in [0, 0.1) is 0 Å². The van der Waals surface area contributed by atoms with Gasteiger partial charge in [-0.05, 0) is 6.42 Å². The van der Waals surface area contributed by atoms with Crippen LogP contribution in [0.5, 0.6) is 0 Å². The van der Waals surface area contributed by atoms with E-state index in [2.05, 4.69) is 15.2 Å². The third-order valence-corrected chi connectivity index (χ3v) is 4.18. The van der Waals surface area contributed by atoms with Gasteiger partial charge in [-0.1, -0.05) is 0 Å². The molecule has 112 valence electrons. The first-order valence-corrected chi connectivity index (χ1v) is 7.13. The maximum Gasteiger partial charge on any atom is 0.263 e. The molecule has 0 aliphatic carbocycles. The fourth-order valence-corrected chi connectivity index (χ4v) is 3.03. The van der Waals surface area contributed by atoms with Crippen molar-refractivity contribution in [2.75, 3.05) is 19.6 Å². The van der Waals surface area contributed by atoms with Crippen LogP contribution in [0.2, 0.25) is 0 Å². The topological polar surface area (TPSA) is 99.3 Å². The summed E-state index contributed by atoms with van der Waals surface area (Å²) < 4.78 is 0. The number of rotatable bonds is 3. The van der Waals surface area contributed by atoms with Crippen molar-refractivity contribution in [3.8, 4) is 0 Å². The maximum absolute atomic E-state index is 12.5. The number of H-pyrrole nitrogens is 1. The molecule has 2 aromatic rings. The van der Waals surface area contributed by atoms with Crippen molar-refractivity contribution in [3.05, 3.63) is 23.5 Å². The normalized spacial score (nSPS) is 17.9. The standard InChI is InChI=1S/C14H13N5O3/c20-10-2-1-3-18(10)4-5-19-13(21)9-6-15-12-8(7-16-17-12)11(9)14(19)22/h6-7H,1-5H2,(H,15,16,17). The number of imide groups is 1. The van der Waals surface area contributed by atoms with Gasteiger partial charge in [-0.2, -0.15) is 5.10 Å². The molecule has 2 aromatic heterocycles. The molecule has 0 saturated carbocycles. The number of pyridine rings is 1. The highest BCUT2D eigenvalue weighted by molar-refractivity contribution is 6.25. The van der Waals surface area contributed by atoms with E-state index in [4.69, 9.17) is 0 Å². The predicted molar refractivity (Wildman–Crippen MR) is 75.1 cm³/mol. The number of amides is 3. The minimum Gasteiger partial charge on any atom is -0.341 e. The third-order valence-electron chi connectivity index (χ3n) is 4.18. The van der Waals surface area contributed by atoms with Crippen molar-refractivity contribution in [2.45, 2.75) is 12.8 Å². The van der Waals surface area contributed by atoms with Gasteiger partial charge in [-0.25, -0.2) is 4.98 Å². The van der Waals surface area contributed by atoms with E-state index in [-0.39, 0.29) is 24.3 Å². The Kier molecular flexibility index (Phi) is 2.72. The summed E-state index contributed by atoms with van der Waals surface area (Å²) >= 11 is 0. The Bertz CT molecular complexity index is 812. The zero-order valence-electron chi connectivity index (χ0n) is 11.7. The van der Waals surface area contributed by atoms with Crippen LogP contribution in [-0.4, -0.2) is 62.3 Å². The highest BCUT2D eigenvalue weighted by atomic mass is 16.2. The van der Waals surface area contributed by atoms with Crippen molar-refractivity contribution in [2.24, 2.45) is 0 Å². The first kappa shape index (κ1) is 12.9. The van der Waals surface area contributed by atoms with Crippen LogP contribution in [0.3, 0.4) is 0 Å². The molecule has 4 rings (SSSR count). The number of aromatic nitrogens is 3. The summed E-state index contributed by atoms with van der Waals surface area (Å²) in [6, 6.07) is 0. The van der Waals surface area contributed by atoms with Gasteiger partial charge in [0.05, 0.1) is 22.7 Å². The summed E-state index contributed by atoms with van der Waals surface area (Å²) in [7, 11) is 0. The Hall–Kier alpha value is -2.77. The van der Waals surface area contributed by atoms with Crippen molar-refractivity contribution in [1.29, 1.82) is 0 Å². The lowest BCUT2D eigenvalue weighted by atomic mass is 10.1. The van der Waals surface area contributed by atoms with E-state index in [1.165, 1.54) is 17.3 Å². The summed E-state index contributed by atoms with van der Waals surface area (Å²) in [6.45, 7) is 1.28. The van der Waals surface area contributed by atoms with Gasteiger partial charge < -0.3 is 4.90 Å². The predicted octanol–water partition coefficient (Wildman–Crippen LogP) is 0.176. The quantitative estimate of drug-likeness (QED) is 0.815. The van der Waals surface area contributed by atoms with E-state index in [1.807, 2.05) is 0 Å². The smallest absolute Gasteiger partial charge is 0.263 e. The molecule has 0 aromatic carbocycles. The third kappa shape index (κ3) is 1.73. The first-order chi connectivity index (χ1) is 10.7. The summed E-state index contributed by atoms with van der Waals surface area (Å²) in [5.41, 5.74) is 1.12. The van der Waals surface area contributed by atoms with Crippen LogP contribution in [0.15, 0.2) is 12.4 Å². The molecule has 1 fully saturated rings. The Morgan fingerprint density at radius 3 is 2.77 bits per heavy atom.